The fourth-order valence-corrected chi connectivity index (χ4v) is 2.32. The Balaban J connectivity index is 2.67. The lowest BCUT2D eigenvalue weighted by atomic mass is 9.79. The minimum Gasteiger partial charge on any atom is -0.492 e. The minimum atomic E-state index is 0.149. The Morgan fingerprint density at radius 2 is 1.81 bits per heavy atom. The van der Waals surface area contributed by atoms with Crippen molar-refractivity contribution >= 4 is 0 Å². The van der Waals surface area contributed by atoms with Crippen LogP contribution in [0.5, 0.6) is 5.75 Å². The predicted octanol–water partition coefficient (Wildman–Crippen LogP) is 3.96. The Kier molecular flexibility index (Phi) is 2.34. The van der Waals surface area contributed by atoms with Crippen molar-refractivity contribution in [2.75, 3.05) is 6.61 Å². The van der Waals surface area contributed by atoms with E-state index in [1.165, 1.54) is 16.7 Å². The standard InChI is InChI=1S/C15H22O/c1-10-7-11(14(2,3)4)13-12(8-10)15(5,6)9-16-13/h7-8H,9H2,1-6H3. The molecule has 0 amide bonds. The molecule has 0 aliphatic carbocycles. The van der Waals surface area contributed by atoms with Gasteiger partial charge in [0.05, 0.1) is 6.61 Å². The third-order valence-corrected chi connectivity index (χ3v) is 3.35. The van der Waals surface area contributed by atoms with Crippen molar-refractivity contribution in [1.29, 1.82) is 0 Å². The molecule has 1 aliphatic rings. The first-order valence-corrected chi connectivity index (χ1v) is 6.00. The van der Waals surface area contributed by atoms with Gasteiger partial charge < -0.3 is 4.74 Å². The van der Waals surface area contributed by atoms with Crippen LogP contribution < -0.4 is 4.74 Å². The highest BCUT2D eigenvalue weighted by molar-refractivity contribution is 5.53. The summed E-state index contributed by atoms with van der Waals surface area (Å²) in [4.78, 5) is 0. The van der Waals surface area contributed by atoms with Crippen LogP contribution in [0.25, 0.3) is 0 Å². The van der Waals surface area contributed by atoms with Gasteiger partial charge in [0.25, 0.3) is 0 Å². The van der Waals surface area contributed by atoms with Crippen molar-refractivity contribution in [3.8, 4) is 5.75 Å². The molecular weight excluding hydrogens is 196 g/mol. The summed E-state index contributed by atoms with van der Waals surface area (Å²) in [5.74, 6) is 1.13. The second-order valence-corrected chi connectivity index (χ2v) is 6.61. The van der Waals surface area contributed by atoms with E-state index in [1.807, 2.05) is 0 Å². The summed E-state index contributed by atoms with van der Waals surface area (Å²) in [6.45, 7) is 14.2. The predicted molar refractivity (Wildman–Crippen MR) is 68.4 cm³/mol. The van der Waals surface area contributed by atoms with E-state index in [9.17, 15) is 0 Å². The van der Waals surface area contributed by atoms with Crippen molar-refractivity contribution in [3.63, 3.8) is 0 Å². The molecule has 16 heavy (non-hydrogen) atoms. The first-order valence-electron chi connectivity index (χ1n) is 6.00. The summed E-state index contributed by atoms with van der Waals surface area (Å²) >= 11 is 0. The van der Waals surface area contributed by atoms with E-state index in [2.05, 4.69) is 53.7 Å². The Morgan fingerprint density at radius 1 is 1.19 bits per heavy atom. The highest BCUT2D eigenvalue weighted by Gasteiger charge is 2.35. The minimum absolute atomic E-state index is 0.149. The van der Waals surface area contributed by atoms with Crippen LogP contribution >= 0.6 is 0 Å². The quantitative estimate of drug-likeness (QED) is 0.640. The van der Waals surface area contributed by atoms with Gasteiger partial charge in [-0.1, -0.05) is 52.3 Å². The van der Waals surface area contributed by atoms with Gasteiger partial charge >= 0.3 is 0 Å². The van der Waals surface area contributed by atoms with Gasteiger partial charge in [-0.25, -0.2) is 0 Å². The fourth-order valence-electron chi connectivity index (χ4n) is 2.32. The highest BCUT2D eigenvalue weighted by atomic mass is 16.5. The number of rotatable bonds is 0. The van der Waals surface area contributed by atoms with Crippen LogP contribution in [0.15, 0.2) is 12.1 Å². The molecule has 0 unspecified atom stereocenters. The monoisotopic (exact) mass is 218 g/mol. The van der Waals surface area contributed by atoms with Crippen LogP contribution in [-0.4, -0.2) is 6.61 Å². The maximum Gasteiger partial charge on any atom is 0.126 e. The molecule has 0 aromatic heterocycles. The molecule has 1 aliphatic heterocycles. The molecular formula is C15H22O. The van der Waals surface area contributed by atoms with Crippen molar-refractivity contribution in [2.24, 2.45) is 0 Å². The Hall–Kier alpha value is -0.980. The second kappa shape index (κ2) is 3.26. The number of fused-ring (bicyclic) bond motifs is 1. The Bertz CT molecular complexity index is 422. The van der Waals surface area contributed by atoms with Gasteiger partial charge in [0.1, 0.15) is 5.75 Å². The first kappa shape index (κ1) is 11.5. The number of hydrogen-bond donors (Lipinski definition) is 0. The summed E-state index contributed by atoms with van der Waals surface area (Å²) in [6, 6.07) is 4.54. The van der Waals surface area contributed by atoms with E-state index in [0.29, 0.717) is 0 Å². The molecule has 0 spiro atoms. The molecule has 1 nitrogen and oxygen atoms in total. The van der Waals surface area contributed by atoms with Crippen molar-refractivity contribution in [3.05, 3.63) is 28.8 Å². The van der Waals surface area contributed by atoms with E-state index in [1.54, 1.807) is 0 Å². The summed E-state index contributed by atoms with van der Waals surface area (Å²) in [5, 5.41) is 0. The van der Waals surface area contributed by atoms with Crippen LogP contribution in [-0.2, 0) is 10.8 Å². The molecule has 0 radical (unpaired) electrons. The zero-order chi connectivity index (χ0) is 12.1. The molecule has 0 bridgehead atoms. The average molecular weight is 218 g/mol. The summed E-state index contributed by atoms with van der Waals surface area (Å²) in [5.41, 5.74) is 4.35. The largest absolute Gasteiger partial charge is 0.492 e. The average Bonchev–Trinajstić information content (AvgIpc) is 2.40. The molecule has 0 saturated carbocycles. The van der Waals surface area contributed by atoms with Gasteiger partial charge in [-0.3, -0.25) is 0 Å². The number of aryl methyl sites for hydroxylation is 1. The van der Waals surface area contributed by atoms with Crippen LogP contribution in [0.4, 0.5) is 0 Å². The molecule has 1 heterocycles. The lowest BCUT2D eigenvalue weighted by molar-refractivity contribution is 0.286. The maximum atomic E-state index is 5.93. The number of ether oxygens (including phenoxy) is 1. The second-order valence-electron chi connectivity index (χ2n) is 6.61. The van der Waals surface area contributed by atoms with Gasteiger partial charge in [0.2, 0.25) is 0 Å². The lowest BCUT2D eigenvalue weighted by Crippen LogP contribution is -2.18. The summed E-state index contributed by atoms with van der Waals surface area (Å²) < 4.78 is 5.93. The molecule has 0 N–H and O–H groups in total. The molecule has 1 heteroatoms. The zero-order valence-electron chi connectivity index (χ0n) is 11.3. The van der Waals surface area contributed by atoms with Crippen LogP contribution in [0.1, 0.15) is 51.3 Å². The van der Waals surface area contributed by atoms with Crippen molar-refractivity contribution in [1.82, 2.24) is 0 Å². The van der Waals surface area contributed by atoms with Crippen molar-refractivity contribution < 1.29 is 4.74 Å². The van der Waals surface area contributed by atoms with Crippen molar-refractivity contribution in [2.45, 2.75) is 52.4 Å². The molecule has 1 aromatic carbocycles. The topological polar surface area (TPSA) is 9.23 Å². The van der Waals surface area contributed by atoms with Crippen LogP contribution in [0.3, 0.4) is 0 Å². The molecule has 2 rings (SSSR count). The normalized spacial score (nSPS) is 18.1. The molecule has 0 fully saturated rings. The third kappa shape index (κ3) is 1.73. The maximum absolute atomic E-state index is 5.93. The van der Waals surface area contributed by atoms with Crippen LogP contribution in [0, 0.1) is 6.92 Å². The SMILES string of the molecule is Cc1cc(C(C)(C)C)c2c(c1)C(C)(C)CO2. The Morgan fingerprint density at radius 3 is 2.38 bits per heavy atom. The van der Waals surface area contributed by atoms with Gasteiger partial charge in [0.15, 0.2) is 0 Å². The van der Waals surface area contributed by atoms with E-state index in [4.69, 9.17) is 4.74 Å². The van der Waals surface area contributed by atoms with E-state index in [-0.39, 0.29) is 10.8 Å². The number of hydrogen-bond acceptors (Lipinski definition) is 1. The van der Waals surface area contributed by atoms with Gasteiger partial charge in [-0.15, -0.1) is 0 Å². The van der Waals surface area contributed by atoms with E-state index in [0.717, 1.165) is 12.4 Å². The van der Waals surface area contributed by atoms with E-state index >= 15 is 0 Å². The first-order chi connectivity index (χ1) is 7.22. The van der Waals surface area contributed by atoms with Crippen LogP contribution in [0.2, 0.25) is 0 Å². The van der Waals surface area contributed by atoms with Gasteiger partial charge in [-0.05, 0) is 12.3 Å². The molecule has 88 valence electrons. The third-order valence-electron chi connectivity index (χ3n) is 3.35. The summed E-state index contributed by atoms with van der Waals surface area (Å²) in [7, 11) is 0. The van der Waals surface area contributed by atoms with Gasteiger partial charge in [-0.2, -0.15) is 0 Å². The Labute approximate surface area is 98.8 Å². The molecule has 0 atom stereocenters. The molecule has 0 saturated heterocycles. The number of benzene rings is 1. The van der Waals surface area contributed by atoms with Gasteiger partial charge in [0, 0.05) is 16.5 Å². The lowest BCUT2D eigenvalue weighted by Gasteiger charge is -2.23. The fraction of sp³-hybridized carbons (Fsp3) is 0.600. The molecule has 1 aromatic rings. The van der Waals surface area contributed by atoms with E-state index < -0.39 is 0 Å². The zero-order valence-corrected chi connectivity index (χ0v) is 11.3. The highest BCUT2D eigenvalue weighted by Crippen LogP contribution is 2.45. The summed E-state index contributed by atoms with van der Waals surface area (Å²) in [6.07, 6.45) is 0. The smallest absolute Gasteiger partial charge is 0.126 e.